The summed E-state index contributed by atoms with van der Waals surface area (Å²) in [6.45, 7) is 8.10. The second kappa shape index (κ2) is 10.9. The van der Waals surface area contributed by atoms with Crippen molar-refractivity contribution in [3.63, 3.8) is 0 Å². The molecule has 3 rings (SSSR count). The number of sulfonamides is 1. The molecule has 2 amide bonds. The van der Waals surface area contributed by atoms with Gasteiger partial charge in [0.2, 0.25) is 0 Å². The van der Waals surface area contributed by atoms with E-state index in [0.29, 0.717) is 29.4 Å². The first-order valence-corrected chi connectivity index (χ1v) is 12.3. The number of carbonyl (C=O) groups excluding carboxylic acids is 1. The SMILES string of the molecule is CC(C)c1cc(F)cc(C(C)C)c1NC(=O)NS(=O)(=O)c1cc(CN(C)C2CC2)n(C)n1.[NaH]. The number of nitrogens with zero attached hydrogens (tertiary/aromatic N) is 3. The fourth-order valence-corrected chi connectivity index (χ4v) is 4.60. The van der Waals surface area contributed by atoms with Gasteiger partial charge in [-0.3, -0.25) is 9.58 Å². The predicted octanol–water partition coefficient (Wildman–Crippen LogP) is 3.26. The number of benzene rings is 1. The van der Waals surface area contributed by atoms with Gasteiger partial charge in [-0.2, -0.15) is 13.5 Å². The third kappa shape index (κ3) is 6.79. The first-order valence-electron chi connectivity index (χ1n) is 10.8. The van der Waals surface area contributed by atoms with Crippen LogP contribution in [0, 0.1) is 5.82 Å². The van der Waals surface area contributed by atoms with E-state index in [2.05, 4.69) is 15.3 Å². The second-order valence-electron chi connectivity index (χ2n) is 9.07. The summed E-state index contributed by atoms with van der Waals surface area (Å²) in [7, 11) is -0.513. The van der Waals surface area contributed by atoms with Crippen molar-refractivity contribution in [1.29, 1.82) is 0 Å². The topological polar surface area (TPSA) is 96.3 Å². The number of hydrogen-bond acceptors (Lipinski definition) is 5. The van der Waals surface area contributed by atoms with Gasteiger partial charge in [-0.15, -0.1) is 0 Å². The molecule has 0 bridgehead atoms. The summed E-state index contributed by atoms with van der Waals surface area (Å²) in [4.78, 5) is 14.8. The molecule has 33 heavy (non-hydrogen) atoms. The summed E-state index contributed by atoms with van der Waals surface area (Å²) >= 11 is 0. The van der Waals surface area contributed by atoms with Gasteiger partial charge in [0.05, 0.1) is 5.69 Å². The Labute approximate surface area is 217 Å². The van der Waals surface area contributed by atoms with Gasteiger partial charge in [-0.25, -0.2) is 13.9 Å². The van der Waals surface area contributed by atoms with Gasteiger partial charge in [-0.05, 0) is 55.0 Å². The summed E-state index contributed by atoms with van der Waals surface area (Å²) in [6, 6.07) is 3.81. The number of carbonyl (C=O) groups is 1. The molecule has 0 aliphatic heterocycles. The monoisotopic (exact) mass is 489 g/mol. The zero-order chi connectivity index (χ0) is 23.8. The normalized spacial score (nSPS) is 14.0. The van der Waals surface area contributed by atoms with Gasteiger partial charge in [0, 0.05) is 31.4 Å². The van der Waals surface area contributed by atoms with E-state index in [4.69, 9.17) is 0 Å². The Kier molecular flexibility index (Phi) is 9.14. The zero-order valence-corrected chi connectivity index (χ0v) is 20.3. The van der Waals surface area contributed by atoms with Crippen LogP contribution in [0.2, 0.25) is 0 Å². The van der Waals surface area contributed by atoms with E-state index < -0.39 is 21.9 Å². The van der Waals surface area contributed by atoms with E-state index in [1.165, 1.54) is 22.9 Å². The van der Waals surface area contributed by atoms with E-state index in [1.807, 2.05) is 39.5 Å². The average Bonchev–Trinajstić information content (AvgIpc) is 3.46. The van der Waals surface area contributed by atoms with Crippen molar-refractivity contribution in [2.75, 3.05) is 12.4 Å². The molecule has 0 spiro atoms. The number of nitrogens with one attached hydrogen (secondary N) is 2. The Balaban J connectivity index is 0.00000385. The molecule has 0 saturated heterocycles. The van der Waals surface area contributed by atoms with Gasteiger partial charge >= 0.3 is 35.6 Å². The van der Waals surface area contributed by atoms with E-state index in [0.717, 1.165) is 18.5 Å². The quantitative estimate of drug-likeness (QED) is 0.555. The molecule has 0 unspecified atom stereocenters. The average molecular weight is 490 g/mol. The first-order chi connectivity index (χ1) is 14.9. The third-order valence-electron chi connectivity index (χ3n) is 5.68. The van der Waals surface area contributed by atoms with Crippen LogP contribution in [0.15, 0.2) is 23.2 Å². The minimum absolute atomic E-state index is 0. The molecular weight excluding hydrogens is 456 g/mol. The molecule has 2 N–H and O–H groups in total. The molecule has 1 fully saturated rings. The number of urea groups is 1. The standard InChI is InChI=1S/C22H32FN5O3S.Na.H/c1-13(2)18-9-15(23)10-19(14(3)4)21(18)24-22(29)26-32(30,31)20-11-17(28(6)25-20)12-27(5)16-7-8-16;;/h9-11,13-14,16H,7-8,12H2,1-6H3,(H2,24,26,29);;. The molecule has 1 saturated carbocycles. The molecule has 1 heterocycles. The zero-order valence-electron chi connectivity index (χ0n) is 19.4. The Morgan fingerprint density at radius 3 is 2.21 bits per heavy atom. The van der Waals surface area contributed by atoms with Gasteiger partial charge in [0.25, 0.3) is 10.0 Å². The van der Waals surface area contributed by atoms with Crippen LogP contribution >= 0.6 is 0 Å². The number of rotatable bonds is 8. The number of halogens is 1. The Morgan fingerprint density at radius 2 is 1.73 bits per heavy atom. The first kappa shape index (κ1) is 27.8. The number of amides is 2. The van der Waals surface area contributed by atoms with Crippen LogP contribution in [0.1, 0.15) is 69.2 Å². The molecule has 1 aromatic carbocycles. The number of aromatic nitrogens is 2. The molecule has 1 aromatic heterocycles. The third-order valence-corrected chi connectivity index (χ3v) is 6.89. The molecular formula is C22H33FN5NaO3S. The van der Waals surface area contributed by atoms with Gasteiger partial charge < -0.3 is 5.32 Å². The van der Waals surface area contributed by atoms with Crippen molar-refractivity contribution in [1.82, 2.24) is 19.4 Å². The Bertz CT molecular complexity index is 1080. The molecule has 0 atom stereocenters. The fraction of sp³-hybridized carbons (Fsp3) is 0.545. The van der Waals surface area contributed by atoms with Crippen LogP contribution in [0.25, 0.3) is 0 Å². The molecule has 0 radical (unpaired) electrons. The molecule has 2 aromatic rings. The van der Waals surface area contributed by atoms with Gasteiger partial charge in [-0.1, -0.05) is 27.7 Å². The summed E-state index contributed by atoms with van der Waals surface area (Å²) < 4.78 is 43.3. The number of anilines is 1. The maximum atomic E-state index is 14.1. The molecule has 1 aliphatic carbocycles. The van der Waals surface area contributed by atoms with Gasteiger partial charge in [0.1, 0.15) is 5.82 Å². The van der Waals surface area contributed by atoms with E-state index in [-0.39, 0.29) is 46.4 Å². The Hall–Kier alpha value is -1.46. The second-order valence-corrected chi connectivity index (χ2v) is 10.7. The van der Waals surface area contributed by atoms with Crippen molar-refractivity contribution < 1.29 is 17.6 Å². The van der Waals surface area contributed by atoms with Gasteiger partial charge in [0.15, 0.2) is 5.03 Å². The fourth-order valence-electron chi connectivity index (χ4n) is 3.67. The van der Waals surface area contributed by atoms with Crippen LogP contribution in [0.5, 0.6) is 0 Å². The summed E-state index contributed by atoms with van der Waals surface area (Å²) in [5.74, 6) is -0.540. The van der Waals surface area contributed by atoms with Crippen LogP contribution < -0.4 is 10.0 Å². The number of hydrogen-bond donors (Lipinski definition) is 2. The van der Waals surface area contributed by atoms with E-state index in [9.17, 15) is 17.6 Å². The van der Waals surface area contributed by atoms with Crippen LogP contribution in [0.3, 0.4) is 0 Å². The van der Waals surface area contributed by atoms with E-state index >= 15 is 0 Å². The van der Waals surface area contributed by atoms with Crippen molar-refractivity contribution in [2.45, 2.75) is 70.0 Å². The molecule has 8 nitrogen and oxygen atoms in total. The summed E-state index contributed by atoms with van der Waals surface area (Å²) in [5.41, 5.74) is 2.37. The summed E-state index contributed by atoms with van der Waals surface area (Å²) in [5, 5.41) is 6.50. The maximum absolute atomic E-state index is 14.1. The molecule has 1 aliphatic rings. The van der Waals surface area contributed by atoms with Crippen LogP contribution in [-0.2, 0) is 23.6 Å². The van der Waals surface area contributed by atoms with Crippen molar-refractivity contribution >= 4 is 51.3 Å². The minimum atomic E-state index is -4.18. The number of aryl methyl sites for hydroxylation is 1. The van der Waals surface area contributed by atoms with Crippen LogP contribution in [-0.4, -0.2) is 71.8 Å². The predicted molar refractivity (Wildman–Crippen MR) is 129 cm³/mol. The van der Waals surface area contributed by atoms with E-state index in [1.54, 1.807) is 7.05 Å². The van der Waals surface area contributed by atoms with Crippen molar-refractivity contribution in [3.05, 3.63) is 40.8 Å². The molecule has 178 valence electrons. The van der Waals surface area contributed by atoms with Crippen molar-refractivity contribution in [3.8, 4) is 0 Å². The Morgan fingerprint density at radius 1 is 1.18 bits per heavy atom. The van der Waals surface area contributed by atoms with Crippen molar-refractivity contribution in [2.24, 2.45) is 7.05 Å². The summed E-state index contributed by atoms with van der Waals surface area (Å²) in [6.07, 6.45) is 2.28. The molecule has 11 heteroatoms. The van der Waals surface area contributed by atoms with Crippen LogP contribution in [0.4, 0.5) is 14.9 Å².